The molecule has 3 rings (SSSR count). The van der Waals surface area contributed by atoms with Crippen LogP contribution < -0.4 is 10.6 Å². The van der Waals surface area contributed by atoms with Crippen LogP contribution in [0.4, 0.5) is 11.5 Å². The molecule has 0 atom stereocenters. The number of carbonyl (C=O) groups is 3. The fourth-order valence-electron chi connectivity index (χ4n) is 2.19. The summed E-state index contributed by atoms with van der Waals surface area (Å²) in [6.45, 7) is 0. The first-order valence-corrected chi connectivity index (χ1v) is 9.33. The van der Waals surface area contributed by atoms with Gasteiger partial charge in [-0.2, -0.15) is 0 Å². The highest BCUT2D eigenvalue weighted by Gasteiger charge is 2.11. The number of amides is 2. The van der Waals surface area contributed by atoms with Gasteiger partial charge in [-0.05, 0) is 48.5 Å². The second kappa shape index (κ2) is 9.51. The van der Waals surface area contributed by atoms with Gasteiger partial charge in [0.05, 0.1) is 24.7 Å². The van der Waals surface area contributed by atoms with Crippen LogP contribution in [0.1, 0.15) is 20.9 Å². The van der Waals surface area contributed by atoms with E-state index in [1.807, 2.05) is 0 Å². The maximum Gasteiger partial charge on any atom is 0.337 e. The number of hydrogen-bond donors (Lipinski definition) is 2. The van der Waals surface area contributed by atoms with E-state index in [2.05, 4.69) is 25.6 Å². The maximum absolute atomic E-state index is 12.1. The second-order valence-corrected chi connectivity index (χ2v) is 6.59. The van der Waals surface area contributed by atoms with Gasteiger partial charge in [0.15, 0.2) is 11.6 Å². The van der Waals surface area contributed by atoms with Crippen LogP contribution in [0.25, 0.3) is 0 Å². The predicted molar refractivity (Wildman–Crippen MR) is 106 cm³/mol. The van der Waals surface area contributed by atoms with Gasteiger partial charge >= 0.3 is 5.97 Å². The van der Waals surface area contributed by atoms with Crippen molar-refractivity contribution in [2.45, 2.75) is 5.03 Å². The summed E-state index contributed by atoms with van der Waals surface area (Å²) in [5, 5.41) is 13.7. The van der Waals surface area contributed by atoms with Gasteiger partial charge in [-0.25, -0.2) is 4.79 Å². The Kier molecular flexibility index (Phi) is 6.59. The lowest BCUT2D eigenvalue weighted by Crippen LogP contribution is -2.14. The Balaban J connectivity index is 1.47. The first kappa shape index (κ1) is 20.1. The molecular formula is C19H16N4O5S. The molecule has 29 heavy (non-hydrogen) atoms. The third kappa shape index (κ3) is 5.66. The van der Waals surface area contributed by atoms with E-state index >= 15 is 0 Å². The molecule has 2 amide bonds. The molecule has 10 heteroatoms. The van der Waals surface area contributed by atoms with Gasteiger partial charge in [0.25, 0.3) is 5.91 Å². The summed E-state index contributed by atoms with van der Waals surface area (Å²) in [4.78, 5) is 35.3. The molecule has 1 aromatic carbocycles. The number of anilines is 2. The summed E-state index contributed by atoms with van der Waals surface area (Å²) in [6, 6.07) is 12.7. The SMILES string of the molecule is COC(=O)c1ccc(NC(=O)CSc2ccc(NC(=O)c3ccco3)nn2)cc1. The molecule has 148 valence electrons. The zero-order valence-electron chi connectivity index (χ0n) is 15.2. The zero-order chi connectivity index (χ0) is 20.6. The van der Waals surface area contributed by atoms with E-state index in [-0.39, 0.29) is 23.2 Å². The normalized spacial score (nSPS) is 10.2. The van der Waals surface area contributed by atoms with E-state index in [0.717, 1.165) is 0 Å². The average molecular weight is 412 g/mol. The molecule has 9 nitrogen and oxygen atoms in total. The molecule has 0 saturated carbocycles. The summed E-state index contributed by atoms with van der Waals surface area (Å²) in [5.74, 6) is -0.556. The zero-order valence-corrected chi connectivity index (χ0v) is 16.1. The number of carbonyl (C=O) groups excluding carboxylic acids is 3. The number of nitrogens with zero attached hydrogens (tertiary/aromatic N) is 2. The Labute approximate surface area is 169 Å². The van der Waals surface area contributed by atoms with Gasteiger partial charge in [0.1, 0.15) is 5.03 Å². The van der Waals surface area contributed by atoms with Crippen molar-refractivity contribution in [2.75, 3.05) is 23.5 Å². The number of furan rings is 1. The van der Waals surface area contributed by atoms with E-state index in [0.29, 0.717) is 16.3 Å². The first-order chi connectivity index (χ1) is 14.0. The average Bonchev–Trinajstić information content (AvgIpc) is 3.28. The molecule has 0 spiro atoms. The number of thioether (sulfide) groups is 1. The minimum absolute atomic E-state index is 0.117. The number of hydrogen-bond acceptors (Lipinski definition) is 8. The topological polar surface area (TPSA) is 123 Å². The molecule has 2 N–H and O–H groups in total. The monoisotopic (exact) mass is 412 g/mol. The van der Waals surface area contributed by atoms with Gasteiger partial charge in [-0.3, -0.25) is 9.59 Å². The van der Waals surface area contributed by atoms with Crippen molar-refractivity contribution in [3.8, 4) is 0 Å². The van der Waals surface area contributed by atoms with Crippen molar-refractivity contribution in [1.82, 2.24) is 10.2 Å². The lowest BCUT2D eigenvalue weighted by Gasteiger charge is -2.06. The van der Waals surface area contributed by atoms with Crippen molar-refractivity contribution < 1.29 is 23.5 Å². The Morgan fingerprint density at radius 3 is 2.45 bits per heavy atom. The second-order valence-electron chi connectivity index (χ2n) is 5.59. The molecule has 0 aliphatic heterocycles. The van der Waals surface area contributed by atoms with Crippen LogP contribution in [-0.2, 0) is 9.53 Å². The van der Waals surface area contributed by atoms with Gasteiger partial charge in [0.2, 0.25) is 5.91 Å². The van der Waals surface area contributed by atoms with Crippen LogP contribution in [0.5, 0.6) is 0 Å². The van der Waals surface area contributed by atoms with E-state index in [1.165, 1.54) is 31.2 Å². The van der Waals surface area contributed by atoms with Crippen molar-refractivity contribution >= 4 is 41.1 Å². The van der Waals surface area contributed by atoms with Gasteiger partial charge in [0, 0.05) is 5.69 Å². The van der Waals surface area contributed by atoms with Gasteiger partial charge in [-0.1, -0.05) is 11.8 Å². The predicted octanol–water partition coefficient (Wildman–Crippen LogP) is 2.84. The quantitative estimate of drug-likeness (QED) is 0.448. The largest absolute Gasteiger partial charge is 0.465 e. The molecule has 0 saturated heterocycles. The molecule has 0 aliphatic carbocycles. The lowest BCUT2D eigenvalue weighted by atomic mass is 10.2. The van der Waals surface area contributed by atoms with Crippen molar-refractivity contribution in [3.63, 3.8) is 0 Å². The summed E-state index contributed by atoms with van der Waals surface area (Å²) in [5.41, 5.74) is 0.958. The number of aromatic nitrogens is 2. The van der Waals surface area contributed by atoms with Crippen LogP contribution in [0.3, 0.4) is 0 Å². The molecule has 2 aromatic heterocycles. The number of nitrogens with one attached hydrogen (secondary N) is 2. The number of benzene rings is 1. The fourth-order valence-corrected chi connectivity index (χ4v) is 2.81. The van der Waals surface area contributed by atoms with Gasteiger partial charge < -0.3 is 19.8 Å². The Morgan fingerprint density at radius 2 is 1.83 bits per heavy atom. The highest BCUT2D eigenvalue weighted by Crippen LogP contribution is 2.17. The number of ether oxygens (including phenoxy) is 1. The highest BCUT2D eigenvalue weighted by atomic mass is 32.2. The fraction of sp³-hybridized carbons (Fsp3) is 0.105. The molecule has 0 unspecified atom stereocenters. The highest BCUT2D eigenvalue weighted by molar-refractivity contribution is 7.99. The Morgan fingerprint density at radius 1 is 1.03 bits per heavy atom. The van der Waals surface area contributed by atoms with Crippen LogP contribution in [0.15, 0.2) is 64.2 Å². The molecular weight excluding hydrogens is 396 g/mol. The van der Waals surface area contributed by atoms with Gasteiger partial charge in [-0.15, -0.1) is 10.2 Å². The maximum atomic E-state index is 12.1. The van der Waals surface area contributed by atoms with E-state index in [4.69, 9.17) is 4.42 Å². The smallest absolute Gasteiger partial charge is 0.337 e. The van der Waals surface area contributed by atoms with E-state index < -0.39 is 11.9 Å². The lowest BCUT2D eigenvalue weighted by molar-refractivity contribution is -0.113. The van der Waals surface area contributed by atoms with E-state index in [1.54, 1.807) is 42.5 Å². The number of rotatable bonds is 7. The minimum atomic E-state index is -0.444. The van der Waals surface area contributed by atoms with Crippen LogP contribution >= 0.6 is 11.8 Å². The van der Waals surface area contributed by atoms with Crippen molar-refractivity contribution in [2.24, 2.45) is 0 Å². The van der Waals surface area contributed by atoms with Crippen LogP contribution in [0.2, 0.25) is 0 Å². The van der Waals surface area contributed by atoms with Crippen molar-refractivity contribution in [1.29, 1.82) is 0 Å². The molecule has 0 fully saturated rings. The van der Waals surface area contributed by atoms with E-state index in [9.17, 15) is 14.4 Å². The van der Waals surface area contributed by atoms with Crippen LogP contribution in [-0.4, -0.2) is 40.8 Å². The number of esters is 1. The summed E-state index contributed by atoms with van der Waals surface area (Å²) >= 11 is 1.19. The number of methoxy groups -OCH3 is 1. The Bertz CT molecular complexity index is 988. The Hall–Kier alpha value is -3.66. The summed E-state index contributed by atoms with van der Waals surface area (Å²) in [7, 11) is 1.30. The molecule has 3 aromatic rings. The molecule has 2 heterocycles. The molecule has 0 radical (unpaired) electrons. The van der Waals surface area contributed by atoms with Crippen LogP contribution in [0, 0.1) is 0 Å². The summed E-state index contributed by atoms with van der Waals surface area (Å²) < 4.78 is 9.62. The first-order valence-electron chi connectivity index (χ1n) is 8.35. The molecule has 0 bridgehead atoms. The third-order valence-electron chi connectivity index (χ3n) is 3.57. The van der Waals surface area contributed by atoms with Crippen molar-refractivity contribution in [3.05, 3.63) is 66.1 Å². The molecule has 0 aliphatic rings. The third-order valence-corrected chi connectivity index (χ3v) is 4.49. The minimum Gasteiger partial charge on any atom is -0.465 e. The standard InChI is InChI=1S/C19H16N4O5S/c1-27-19(26)12-4-6-13(7-5-12)20-16(24)11-29-17-9-8-15(22-23-17)21-18(25)14-3-2-10-28-14/h2-10H,11H2,1H3,(H,20,24)(H,21,22,25). The summed E-state index contributed by atoms with van der Waals surface area (Å²) in [6.07, 6.45) is 1.40.